The highest BCUT2D eigenvalue weighted by atomic mass is 32.1. The van der Waals surface area contributed by atoms with Crippen molar-refractivity contribution in [2.45, 2.75) is 13.0 Å². The van der Waals surface area contributed by atoms with Gasteiger partial charge in [-0.15, -0.1) is 11.3 Å². The Hall–Kier alpha value is -2.33. The number of nitrogens with zero attached hydrogens (tertiary/aromatic N) is 1. The van der Waals surface area contributed by atoms with Gasteiger partial charge in [-0.2, -0.15) is 0 Å². The molecule has 0 saturated heterocycles. The van der Waals surface area contributed by atoms with Crippen LogP contribution in [0.2, 0.25) is 0 Å². The van der Waals surface area contributed by atoms with Gasteiger partial charge in [0.15, 0.2) is 11.5 Å². The molecule has 3 nitrogen and oxygen atoms in total. The Morgan fingerprint density at radius 2 is 1.73 bits per heavy atom. The zero-order valence-electron chi connectivity index (χ0n) is 12.3. The van der Waals surface area contributed by atoms with Crippen LogP contribution >= 0.6 is 11.3 Å². The Bertz CT molecular complexity index is 698. The molecule has 22 heavy (non-hydrogen) atoms. The average Bonchev–Trinajstić information content (AvgIpc) is 3.11. The van der Waals surface area contributed by atoms with Crippen LogP contribution in [0.1, 0.15) is 6.92 Å². The molecule has 2 aromatic carbocycles. The lowest BCUT2D eigenvalue weighted by molar-refractivity contribution is 0.104. The number of ether oxygens (including phenoxy) is 2. The van der Waals surface area contributed by atoms with Gasteiger partial charge in [0.2, 0.25) is 0 Å². The topological polar surface area (TPSA) is 31.4 Å². The summed E-state index contributed by atoms with van der Waals surface area (Å²) in [6.45, 7) is 2.65. The molecule has 1 aliphatic rings. The molecule has 4 heteroatoms. The zero-order chi connectivity index (χ0) is 15.2. The van der Waals surface area contributed by atoms with Crippen LogP contribution in [-0.2, 0) is 0 Å². The number of aromatic nitrogens is 1. The maximum atomic E-state index is 5.51. The molecule has 3 aromatic rings. The lowest BCUT2D eigenvalue weighted by Gasteiger charge is -2.23. The molecular weight excluding hydrogens is 294 g/mol. The highest BCUT2D eigenvalue weighted by Crippen LogP contribution is 2.30. The molecule has 1 aliphatic heterocycles. The minimum absolute atomic E-state index is 0.171. The van der Waals surface area contributed by atoms with Crippen molar-refractivity contribution in [1.29, 1.82) is 0 Å². The first kappa shape index (κ1) is 14.6. The van der Waals surface area contributed by atoms with E-state index in [0.29, 0.717) is 6.61 Å². The lowest BCUT2D eigenvalue weighted by Crippen LogP contribution is -2.25. The molecule has 2 heterocycles. The van der Waals surface area contributed by atoms with Gasteiger partial charge in [0.1, 0.15) is 12.7 Å². The number of para-hydroxylation sites is 2. The van der Waals surface area contributed by atoms with Crippen molar-refractivity contribution in [1.82, 2.24) is 4.98 Å². The minimum atomic E-state index is 0.171. The van der Waals surface area contributed by atoms with Crippen molar-refractivity contribution < 1.29 is 9.47 Å². The summed E-state index contributed by atoms with van der Waals surface area (Å²) >= 11 is 1.62. The monoisotopic (exact) mass is 311 g/mol. The largest absolute Gasteiger partial charge is 0.486 e. The van der Waals surface area contributed by atoms with E-state index in [1.807, 2.05) is 54.9 Å². The van der Waals surface area contributed by atoms with Crippen molar-refractivity contribution in [3.63, 3.8) is 0 Å². The van der Waals surface area contributed by atoms with E-state index < -0.39 is 0 Å². The maximum absolute atomic E-state index is 5.51. The van der Waals surface area contributed by atoms with Gasteiger partial charge in [-0.25, -0.2) is 4.98 Å². The summed E-state index contributed by atoms with van der Waals surface area (Å²) in [5, 5.41) is 2.05. The minimum Gasteiger partial charge on any atom is -0.486 e. The number of rotatable bonds is 1. The van der Waals surface area contributed by atoms with Crippen molar-refractivity contribution in [2.24, 2.45) is 0 Å². The smallest absolute Gasteiger partial charge is 0.161 e. The van der Waals surface area contributed by atoms with Gasteiger partial charge in [-0.05, 0) is 19.1 Å². The Balaban J connectivity index is 0.000000131. The van der Waals surface area contributed by atoms with Gasteiger partial charge in [-0.1, -0.05) is 42.5 Å². The SMILES string of the molecule is CC1COc2ccccc2O1.c1ccc(-c2cscn2)cc1. The second-order valence-corrected chi connectivity index (χ2v) is 5.64. The Kier molecular flexibility index (Phi) is 4.71. The molecule has 0 spiro atoms. The van der Waals surface area contributed by atoms with Crippen molar-refractivity contribution in [3.05, 3.63) is 65.5 Å². The summed E-state index contributed by atoms with van der Waals surface area (Å²) in [5.41, 5.74) is 4.10. The van der Waals surface area contributed by atoms with Crippen LogP contribution in [0.4, 0.5) is 0 Å². The third kappa shape index (κ3) is 3.65. The summed E-state index contributed by atoms with van der Waals surface area (Å²) in [6.07, 6.45) is 0.171. The van der Waals surface area contributed by atoms with Gasteiger partial charge in [-0.3, -0.25) is 0 Å². The lowest BCUT2D eigenvalue weighted by atomic mass is 10.2. The van der Waals surface area contributed by atoms with Gasteiger partial charge in [0.05, 0.1) is 11.2 Å². The van der Waals surface area contributed by atoms with Crippen LogP contribution in [-0.4, -0.2) is 17.7 Å². The second kappa shape index (κ2) is 7.09. The number of hydrogen-bond acceptors (Lipinski definition) is 4. The molecule has 0 aliphatic carbocycles. The van der Waals surface area contributed by atoms with E-state index >= 15 is 0 Å². The quantitative estimate of drug-likeness (QED) is 0.655. The van der Waals surface area contributed by atoms with Gasteiger partial charge in [0, 0.05) is 10.9 Å². The molecule has 112 valence electrons. The van der Waals surface area contributed by atoms with E-state index in [0.717, 1.165) is 17.2 Å². The maximum Gasteiger partial charge on any atom is 0.161 e. The van der Waals surface area contributed by atoms with Crippen molar-refractivity contribution in [3.8, 4) is 22.8 Å². The zero-order valence-corrected chi connectivity index (χ0v) is 13.1. The molecule has 1 aromatic heterocycles. The van der Waals surface area contributed by atoms with E-state index in [1.54, 1.807) is 11.3 Å². The van der Waals surface area contributed by atoms with E-state index in [4.69, 9.17) is 9.47 Å². The van der Waals surface area contributed by atoms with Crippen LogP contribution in [0.15, 0.2) is 65.5 Å². The third-order valence-corrected chi connectivity index (χ3v) is 3.74. The van der Waals surface area contributed by atoms with Crippen LogP contribution in [0.3, 0.4) is 0 Å². The molecule has 0 saturated carbocycles. The summed E-state index contributed by atoms with van der Waals surface area (Å²) in [5.74, 6) is 1.71. The van der Waals surface area contributed by atoms with Crippen LogP contribution in [0.25, 0.3) is 11.3 Å². The predicted molar refractivity (Wildman–Crippen MR) is 89.6 cm³/mol. The fourth-order valence-corrected chi connectivity index (χ4v) is 2.65. The first-order chi connectivity index (χ1) is 10.8. The fourth-order valence-electron chi connectivity index (χ4n) is 2.09. The van der Waals surface area contributed by atoms with E-state index in [1.165, 1.54) is 5.56 Å². The summed E-state index contributed by atoms with van der Waals surface area (Å²) < 4.78 is 10.9. The molecule has 1 atom stereocenters. The van der Waals surface area contributed by atoms with Crippen LogP contribution in [0, 0.1) is 0 Å². The molecule has 0 amide bonds. The van der Waals surface area contributed by atoms with Gasteiger partial charge < -0.3 is 9.47 Å². The van der Waals surface area contributed by atoms with E-state index in [2.05, 4.69) is 22.5 Å². The summed E-state index contributed by atoms with van der Waals surface area (Å²) in [7, 11) is 0. The first-order valence-corrected chi connectivity index (χ1v) is 8.09. The average molecular weight is 311 g/mol. The number of thiazole rings is 1. The first-order valence-electron chi connectivity index (χ1n) is 7.15. The molecule has 0 fully saturated rings. The Morgan fingerprint density at radius 3 is 2.45 bits per heavy atom. The molecular formula is C18H17NO2S. The standard InChI is InChI=1S/C9H7NS.C9H10O2/c1-2-4-8(5-3-1)9-6-11-7-10-9;1-7-6-10-8-4-2-3-5-9(8)11-7/h1-7H;2-5,7H,6H2,1H3. The summed E-state index contributed by atoms with van der Waals surface area (Å²) in [4.78, 5) is 4.20. The van der Waals surface area contributed by atoms with Crippen LogP contribution < -0.4 is 9.47 Å². The fraction of sp³-hybridized carbons (Fsp3) is 0.167. The molecule has 4 rings (SSSR count). The normalized spacial score (nSPS) is 15.6. The van der Waals surface area contributed by atoms with E-state index in [-0.39, 0.29) is 6.10 Å². The van der Waals surface area contributed by atoms with E-state index in [9.17, 15) is 0 Å². The van der Waals surface area contributed by atoms with Crippen molar-refractivity contribution >= 4 is 11.3 Å². The Labute approximate surface area is 134 Å². The number of fused-ring (bicyclic) bond motifs is 1. The third-order valence-electron chi connectivity index (χ3n) is 3.15. The molecule has 0 N–H and O–H groups in total. The molecule has 0 radical (unpaired) electrons. The van der Waals surface area contributed by atoms with Gasteiger partial charge >= 0.3 is 0 Å². The highest BCUT2D eigenvalue weighted by molar-refractivity contribution is 7.07. The molecule has 0 bridgehead atoms. The predicted octanol–water partition coefficient (Wildman–Crippen LogP) is 4.66. The van der Waals surface area contributed by atoms with Gasteiger partial charge in [0.25, 0.3) is 0 Å². The van der Waals surface area contributed by atoms with Crippen molar-refractivity contribution in [2.75, 3.05) is 6.61 Å². The highest BCUT2D eigenvalue weighted by Gasteiger charge is 2.15. The van der Waals surface area contributed by atoms with Crippen LogP contribution in [0.5, 0.6) is 11.5 Å². The summed E-state index contributed by atoms with van der Waals surface area (Å²) in [6, 6.07) is 17.9. The molecule has 1 unspecified atom stereocenters. The number of benzene rings is 2. The second-order valence-electron chi connectivity index (χ2n) is 4.93. The Morgan fingerprint density at radius 1 is 1.00 bits per heavy atom. The number of hydrogen-bond donors (Lipinski definition) is 0.